The molecule has 1 aromatic rings. The van der Waals surface area contributed by atoms with Crippen LogP contribution in [0.2, 0.25) is 0 Å². The summed E-state index contributed by atoms with van der Waals surface area (Å²) < 4.78 is 0. The van der Waals surface area contributed by atoms with Gasteiger partial charge < -0.3 is 15.3 Å². The van der Waals surface area contributed by atoms with Crippen molar-refractivity contribution in [3.05, 3.63) is 16.1 Å². The van der Waals surface area contributed by atoms with Gasteiger partial charge >= 0.3 is 12.0 Å². The number of amides is 2. The molecule has 19 heavy (non-hydrogen) atoms. The molecule has 2 heterocycles. The number of carbonyl (C=O) groups excluding carboxylic acids is 1. The molecule has 0 unspecified atom stereocenters. The number of nitrogens with zero attached hydrogens (tertiary/aromatic N) is 2. The van der Waals surface area contributed by atoms with Crippen LogP contribution in [0.3, 0.4) is 0 Å². The van der Waals surface area contributed by atoms with E-state index < -0.39 is 5.97 Å². The first-order chi connectivity index (χ1) is 9.06. The number of hydrogen-bond acceptors (Lipinski definition) is 4. The number of aromatic carboxylic acids is 1. The van der Waals surface area contributed by atoms with Crippen LogP contribution in [-0.2, 0) is 6.54 Å². The van der Waals surface area contributed by atoms with Crippen molar-refractivity contribution < 1.29 is 14.7 Å². The van der Waals surface area contributed by atoms with E-state index in [-0.39, 0.29) is 18.3 Å². The summed E-state index contributed by atoms with van der Waals surface area (Å²) >= 11 is 1.24. The van der Waals surface area contributed by atoms with E-state index in [2.05, 4.69) is 17.2 Å². The Bertz CT molecular complexity index is 467. The van der Waals surface area contributed by atoms with Gasteiger partial charge in [-0.1, -0.05) is 6.92 Å². The van der Waals surface area contributed by atoms with Crippen molar-refractivity contribution in [1.82, 2.24) is 15.2 Å². The first-order valence-electron chi connectivity index (χ1n) is 6.26. The lowest BCUT2D eigenvalue weighted by molar-refractivity contribution is 0.0691. The van der Waals surface area contributed by atoms with E-state index >= 15 is 0 Å². The monoisotopic (exact) mass is 283 g/mol. The van der Waals surface area contributed by atoms with E-state index in [1.165, 1.54) is 16.7 Å². The highest BCUT2D eigenvalue weighted by Gasteiger charge is 2.20. The summed E-state index contributed by atoms with van der Waals surface area (Å²) in [6, 6.07) is -0.0982. The Morgan fingerprint density at radius 3 is 2.79 bits per heavy atom. The lowest BCUT2D eigenvalue weighted by Gasteiger charge is -2.30. The molecule has 0 bridgehead atoms. The number of hydrogen-bond donors (Lipinski definition) is 2. The van der Waals surface area contributed by atoms with Gasteiger partial charge in [0.1, 0.15) is 5.01 Å². The Kier molecular flexibility index (Phi) is 4.36. The molecule has 1 aromatic heterocycles. The van der Waals surface area contributed by atoms with Crippen molar-refractivity contribution in [2.24, 2.45) is 5.92 Å². The van der Waals surface area contributed by atoms with Crippen LogP contribution in [-0.4, -0.2) is 40.1 Å². The average molecular weight is 283 g/mol. The topological polar surface area (TPSA) is 82.5 Å². The van der Waals surface area contributed by atoms with Crippen LogP contribution in [0.15, 0.2) is 5.38 Å². The Balaban J connectivity index is 1.81. The van der Waals surface area contributed by atoms with Crippen LogP contribution in [0.1, 0.15) is 35.3 Å². The van der Waals surface area contributed by atoms with E-state index in [0.29, 0.717) is 10.9 Å². The van der Waals surface area contributed by atoms with Gasteiger partial charge in [0, 0.05) is 18.5 Å². The predicted octanol–water partition coefficient (Wildman–Crippen LogP) is 1.78. The second-order valence-corrected chi connectivity index (χ2v) is 5.70. The summed E-state index contributed by atoms with van der Waals surface area (Å²) in [7, 11) is 0. The normalized spacial score (nSPS) is 16.4. The highest BCUT2D eigenvalue weighted by atomic mass is 32.1. The molecular formula is C12H17N3O3S. The van der Waals surface area contributed by atoms with Crippen LogP contribution in [0.25, 0.3) is 0 Å². The van der Waals surface area contributed by atoms with E-state index in [0.717, 1.165) is 25.9 Å². The number of nitrogens with one attached hydrogen (secondary N) is 1. The summed E-state index contributed by atoms with van der Waals surface area (Å²) in [6.07, 6.45) is 2.07. The molecule has 2 amide bonds. The van der Waals surface area contributed by atoms with Gasteiger partial charge in [0.15, 0.2) is 5.69 Å². The minimum atomic E-state index is -1.04. The number of carboxylic acid groups (broad SMARTS) is 1. The molecule has 6 nitrogen and oxygen atoms in total. The Hall–Kier alpha value is -1.63. The lowest BCUT2D eigenvalue weighted by Crippen LogP contribution is -2.43. The Morgan fingerprint density at radius 1 is 1.53 bits per heavy atom. The van der Waals surface area contributed by atoms with Gasteiger partial charge in [0.2, 0.25) is 0 Å². The van der Waals surface area contributed by atoms with Crippen molar-refractivity contribution in [2.75, 3.05) is 13.1 Å². The van der Waals surface area contributed by atoms with Crippen molar-refractivity contribution in [1.29, 1.82) is 0 Å². The third-order valence-electron chi connectivity index (χ3n) is 3.23. The number of aromatic nitrogens is 1. The van der Waals surface area contributed by atoms with Crippen molar-refractivity contribution >= 4 is 23.3 Å². The molecule has 1 saturated heterocycles. The largest absolute Gasteiger partial charge is 0.476 e. The van der Waals surface area contributed by atoms with Crippen LogP contribution < -0.4 is 5.32 Å². The highest BCUT2D eigenvalue weighted by molar-refractivity contribution is 7.09. The SMILES string of the molecule is CC1CCN(C(=O)NCc2nc(C(=O)O)cs2)CC1. The molecule has 7 heteroatoms. The molecular weight excluding hydrogens is 266 g/mol. The number of carboxylic acids is 1. The average Bonchev–Trinajstić information content (AvgIpc) is 2.86. The van der Waals surface area contributed by atoms with Crippen LogP contribution >= 0.6 is 11.3 Å². The van der Waals surface area contributed by atoms with E-state index in [4.69, 9.17) is 5.11 Å². The van der Waals surface area contributed by atoms with Gasteiger partial charge in [-0.15, -0.1) is 11.3 Å². The number of rotatable bonds is 3. The van der Waals surface area contributed by atoms with E-state index in [9.17, 15) is 9.59 Å². The zero-order valence-corrected chi connectivity index (χ0v) is 11.6. The second kappa shape index (κ2) is 6.01. The third kappa shape index (κ3) is 3.66. The maximum atomic E-state index is 11.9. The molecule has 0 spiro atoms. The lowest BCUT2D eigenvalue weighted by atomic mass is 10.00. The zero-order chi connectivity index (χ0) is 13.8. The number of piperidine rings is 1. The number of carbonyl (C=O) groups is 2. The summed E-state index contributed by atoms with van der Waals surface area (Å²) in [5, 5.41) is 13.6. The quantitative estimate of drug-likeness (QED) is 0.886. The van der Waals surface area contributed by atoms with Crippen LogP contribution in [0, 0.1) is 5.92 Å². The van der Waals surface area contributed by atoms with Gasteiger partial charge in [-0.25, -0.2) is 14.6 Å². The molecule has 104 valence electrons. The molecule has 1 aliphatic heterocycles. The summed E-state index contributed by atoms with van der Waals surface area (Å²) in [4.78, 5) is 28.3. The maximum absolute atomic E-state index is 11.9. The Morgan fingerprint density at radius 2 is 2.21 bits per heavy atom. The maximum Gasteiger partial charge on any atom is 0.355 e. The van der Waals surface area contributed by atoms with Gasteiger partial charge in [-0.3, -0.25) is 0 Å². The van der Waals surface area contributed by atoms with Gasteiger partial charge in [-0.05, 0) is 18.8 Å². The number of urea groups is 1. The fourth-order valence-corrected chi connectivity index (χ4v) is 2.67. The van der Waals surface area contributed by atoms with Gasteiger partial charge in [-0.2, -0.15) is 0 Å². The zero-order valence-electron chi connectivity index (χ0n) is 10.8. The van der Waals surface area contributed by atoms with Crippen LogP contribution in [0.4, 0.5) is 4.79 Å². The Labute approximate surface area is 115 Å². The molecule has 2 rings (SSSR count). The molecule has 1 fully saturated rings. The van der Waals surface area contributed by atoms with Gasteiger partial charge in [0.25, 0.3) is 0 Å². The summed E-state index contributed by atoms with van der Waals surface area (Å²) in [6.45, 7) is 4.04. The fraction of sp³-hybridized carbons (Fsp3) is 0.583. The van der Waals surface area contributed by atoms with Crippen molar-refractivity contribution in [3.63, 3.8) is 0 Å². The van der Waals surface area contributed by atoms with Crippen molar-refractivity contribution in [3.8, 4) is 0 Å². The minimum absolute atomic E-state index is 0.0287. The third-order valence-corrected chi connectivity index (χ3v) is 4.08. The van der Waals surface area contributed by atoms with E-state index in [1.807, 2.05) is 0 Å². The second-order valence-electron chi connectivity index (χ2n) is 4.76. The highest BCUT2D eigenvalue weighted by Crippen LogP contribution is 2.16. The predicted molar refractivity (Wildman–Crippen MR) is 71.3 cm³/mol. The molecule has 1 aliphatic rings. The molecule has 2 N–H and O–H groups in total. The first kappa shape index (κ1) is 13.8. The number of likely N-dealkylation sites (tertiary alicyclic amines) is 1. The molecule has 0 atom stereocenters. The molecule has 0 saturated carbocycles. The summed E-state index contributed by atoms with van der Waals surface area (Å²) in [5.41, 5.74) is 0.0287. The number of thiazole rings is 1. The molecule has 0 aliphatic carbocycles. The smallest absolute Gasteiger partial charge is 0.355 e. The summed E-state index contributed by atoms with van der Waals surface area (Å²) in [5.74, 6) is -0.361. The van der Waals surface area contributed by atoms with Gasteiger partial charge in [0.05, 0.1) is 6.54 Å². The fourth-order valence-electron chi connectivity index (χ4n) is 1.97. The molecule has 0 aromatic carbocycles. The first-order valence-corrected chi connectivity index (χ1v) is 7.14. The van der Waals surface area contributed by atoms with E-state index in [1.54, 1.807) is 4.90 Å². The van der Waals surface area contributed by atoms with Crippen LogP contribution in [0.5, 0.6) is 0 Å². The standard InChI is InChI=1S/C12H17N3O3S/c1-8-2-4-15(5-3-8)12(18)13-6-10-14-9(7-19-10)11(16)17/h7-8H,2-6H2,1H3,(H,13,18)(H,16,17). The minimum Gasteiger partial charge on any atom is -0.476 e. The van der Waals surface area contributed by atoms with Crippen molar-refractivity contribution in [2.45, 2.75) is 26.3 Å². The molecule has 0 radical (unpaired) electrons.